The van der Waals surface area contributed by atoms with Crippen LogP contribution in [0.4, 0.5) is 11.8 Å². The summed E-state index contributed by atoms with van der Waals surface area (Å²) < 4.78 is 1.84. The topological polar surface area (TPSA) is 123 Å². The van der Waals surface area contributed by atoms with Gasteiger partial charge in [0.2, 0.25) is 5.95 Å². The molecule has 0 aliphatic heterocycles. The van der Waals surface area contributed by atoms with E-state index in [-0.39, 0.29) is 12.0 Å². The minimum absolute atomic E-state index is 0.0695. The van der Waals surface area contributed by atoms with Gasteiger partial charge in [0.15, 0.2) is 11.5 Å². The number of H-pyrrole nitrogens is 1. The molecule has 0 bridgehead atoms. The fourth-order valence-electron chi connectivity index (χ4n) is 1.92. The summed E-state index contributed by atoms with van der Waals surface area (Å²) in [6, 6.07) is -0.0695. The molecule has 0 spiro atoms. The molecule has 0 amide bonds. The van der Waals surface area contributed by atoms with Gasteiger partial charge in [0.05, 0.1) is 17.6 Å². The van der Waals surface area contributed by atoms with Crippen LogP contribution in [-0.4, -0.2) is 34.9 Å². The number of aryl methyl sites for hydroxylation is 1. The Morgan fingerprint density at radius 2 is 2.26 bits per heavy atom. The number of nitrogens with two attached hydrogens (primary N) is 1. The van der Waals surface area contributed by atoms with Gasteiger partial charge in [-0.1, -0.05) is 0 Å². The number of hydrogen-bond acceptors (Lipinski definition) is 7. The summed E-state index contributed by atoms with van der Waals surface area (Å²) in [4.78, 5) is 8.25. The van der Waals surface area contributed by atoms with Gasteiger partial charge in [0.1, 0.15) is 12.1 Å². The number of aromatic amines is 1. The number of anilines is 2. The van der Waals surface area contributed by atoms with Crippen LogP contribution in [0.3, 0.4) is 0 Å². The monoisotopic (exact) mass is 259 g/mol. The van der Waals surface area contributed by atoms with Crippen LogP contribution >= 0.6 is 0 Å². The van der Waals surface area contributed by atoms with E-state index >= 15 is 0 Å². The first-order valence-corrected chi connectivity index (χ1v) is 5.72. The van der Waals surface area contributed by atoms with Crippen LogP contribution in [0.1, 0.15) is 18.8 Å². The average molecular weight is 259 g/mol. The Hall–Kier alpha value is -2.71. The quantitative estimate of drug-likeness (QED) is 0.615. The Balaban J connectivity index is 1.97. The highest BCUT2D eigenvalue weighted by Crippen LogP contribution is 2.22. The van der Waals surface area contributed by atoms with Crippen LogP contribution in [0.5, 0.6) is 0 Å². The van der Waals surface area contributed by atoms with Crippen LogP contribution in [-0.2, 0) is 7.05 Å². The first-order chi connectivity index (χ1) is 9.15. The van der Waals surface area contributed by atoms with E-state index in [0.29, 0.717) is 11.5 Å². The maximum absolute atomic E-state index is 5.67. The van der Waals surface area contributed by atoms with Crippen molar-refractivity contribution < 1.29 is 0 Å². The zero-order valence-electron chi connectivity index (χ0n) is 10.5. The summed E-state index contributed by atoms with van der Waals surface area (Å²) in [6.07, 6.45) is 3.30. The van der Waals surface area contributed by atoms with Gasteiger partial charge in [0.25, 0.3) is 0 Å². The van der Waals surface area contributed by atoms with Gasteiger partial charge in [-0.3, -0.25) is 5.10 Å². The smallest absolute Gasteiger partial charge is 0.224 e. The Morgan fingerprint density at radius 3 is 3.00 bits per heavy atom. The van der Waals surface area contributed by atoms with E-state index < -0.39 is 0 Å². The molecule has 9 heteroatoms. The van der Waals surface area contributed by atoms with Crippen LogP contribution in [0.15, 0.2) is 12.5 Å². The molecule has 0 aromatic carbocycles. The highest BCUT2D eigenvalue weighted by Gasteiger charge is 2.15. The summed E-state index contributed by atoms with van der Waals surface area (Å²) in [5.74, 6) is 1.60. The van der Waals surface area contributed by atoms with E-state index in [2.05, 4.69) is 35.7 Å². The molecule has 4 N–H and O–H groups in total. The molecule has 0 aliphatic carbocycles. The summed E-state index contributed by atoms with van der Waals surface area (Å²) >= 11 is 0. The lowest BCUT2D eigenvalue weighted by molar-refractivity contribution is 0.717. The maximum Gasteiger partial charge on any atom is 0.224 e. The molecule has 98 valence electrons. The van der Waals surface area contributed by atoms with Crippen molar-refractivity contribution in [3.05, 3.63) is 18.3 Å². The van der Waals surface area contributed by atoms with Crippen molar-refractivity contribution in [2.45, 2.75) is 13.0 Å². The first-order valence-electron chi connectivity index (χ1n) is 5.72. The van der Waals surface area contributed by atoms with E-state index in [1.54, 1.807) is 12.5 Å². The van der Waals surface area contributed by atoms with E-state index in [1.807, 2.05) is 18.5 Å². The van der Waals surface area contributed by atoms with E-state index in [1.165, 1.54) is 0 Å². The number of hydrogen-bond donors (Lipinski definition) is 3. The SMILES string of the molecule is CC(Nc1nc(N)nc2[nH]ncc12)c1nncn1C. The number of aromatic nitrogens is 7. The Kier molecular flexibility index (Phi) is 2.51. The third-order valence-corrected chi connectivity index (χ3v) is 2.81. The molecular formula is C10H13N9. The molecule has 0 fully saturated rings. The normalized spacial score (nSPS) is 12.7. The van der Waals surface area contributed by atoms with Crippen LogP contribution in [0.2, 0.25) is 0 Å². The molecule has 1 atom stereocenters. The lowest BCUT2D eigenvalue weighted by Crippen LogP contribution is -2.13. The molecule has 9 nitrogen and oxygen atoms in total. The molecule has 0 aliphatic rings. The minimum atomic E-state index is -0.0695. The first kappa shape index (κ1) is 11.4. The Bertz CT molecular complexity index is 713. The molecule has 0 saturated carbocycles. The molecule has 1 unspecified atom stereocenters. The largest absolute Gasteiger partial charge is 0.368 e. The number of rotatable bonds is 3. The third-order valence-electron chi connectivity index (χ3n) is 2.81. The second kappa shape index (κ2) is 4.19. The standard InChI is InChI=1S/C10H13N9/c1-5(9-18-13-4-19(9)2)14-7-6-3-12-17-8(6)16-10(11)15-7/h3-5H,1-2H3,(H4,11,12,14,15,16,17). The van der Waals surface area contributed by atoms with Gasteiger partial charge in [-0.15, -0.1) is 10.2 Å². The van der Waals surface area contributed by atoms with Gasteiger partial charge in [0, 0.05) is 7.05 Å². The minimum Gasteiger partial charge on any atom is -0.368 e. The lowest BCUT2D eigenvalue weighted by atomic mass is 10.3. The van der Waals surface area contributed by atoms with Crippen molar-refractivity contribution in [3.63, 3.8) is 0 Å². The van der Waals surface area contributed by atoms with Gasteiger partial charge < -0.3 is 15.6 Å². The Morgan fingerprint density at radius 1 is 1.42 bits per heavy atom. The summed E-state index contributed by atoms with van der Waals surface area (Å²) in [5.41, 5.74) is 6.26. The molecule has 0 radical (unpaired) electrons. The fraction of sp³-hybridized carbons (Fsp3) is 0.300. The van der Waals surface area contributed by atoms with E-state index in [4.69, 9.17) is 5.73 Å². The molecular weight excluding hydrogens is 246 g/mol. The second-order valence-electron chi connectivity index (χ2n) is 4.23. The molecule has 3 rings (SSSR count). The average Bonchev–Trinajstić information content (AvgIpc) is 2.97. The molecule has 19 heavy (non-hydrogen) atoms. The third kappa shape index (κ3) is 1.94. The van der Waals surface area contributed by atoms with Crippen LogP contribution in [0.25, 0.3) is 11.0 Å². The van der Waals surface area contributed by atoms with Crippen molar-refractivity contribution >= 4 is 22.8 Å². The molecule has 3 aromatic rings. The predicted octanol–water partition coefficient (Wildman–Crippen LogP) is 0.237. The van der Waals surface area contributed by atoms with Gasteiger partial charge in [-0.05, 0) is 6.92 Å². The second-order valence-corrected chi connectivity index (χ2v) is 4.23. The zero-order valence-corrected chi connectivity index (χ0v) is 10.5. The Labute approximate surface area is 108 Å². The highest BCUT2D eigenvalue weighted by atomic mass is 15.3. The van der Waals surface area contributed by atoms with E-state index in [9.17, 15) is 0 Å². The zero-order chi connectivity index (χ0) is 13.4. The lowest BCUT2D eigenvalue weighted by Gasteiger charge is -2.14. The maximum atomic E-state index is 5.67. The van der Waals surface area contributed by atoms with Crippen molar-refractivity contribution in [3.8, 4) is 0 Å². The molecule has 0 saturated heterocycles. The number of nitrogen functional groups attached to an aromatic ring is 1. The van der Waals surface area contributed by atoms with Gasteiger partial charge in [-0.25, -0.2) is 0 Å². The van der Waals surface area contributed by atoms with E-state index in [0.717, 1.165) is 11.2 Å². The molecule has 3 aromatic heterocycles. The number of nitrogens with zero attached hydrogens (tertiary/aromatic N) is 6. The number of nitrogens with one attached hydrogen (secondary N) is 2. The van der Waals surface area contributed by atoms with Crippen LogP contribution < -0.4 is 11.1 Å². The number of fused-ring (bicyclic) bond motifs is 1. The van der Waals surface area contributed by atoms with Crippen molar-refractivity contribution in [1.29, 1.82) is 0 Å². The van der Waals surface area contributed by atoms with Crippen molar-refractivity contribution in [2.24, 2.45) is 7.05 Å². The summed E-state index contributed by atoms with van der Waals surface area (Å²) in [7, 11) is 1.88. The van der Waals surface area contributed by atoms with Crippen LogP contribution in [0, 0.1) is 0 Å². The van der Waals surface area contributed by atoms with Gasteiger partial charge >= 0.3 is 0 Å². The van der Waals surface area contributed by atoms with Gasteiger partial charge in [-0.2, -0.15) is 15.1 Å². The van der Waals surface area contributed by atoms with Crippen molar-refractivity contribution in [1.82, 2.24) is 34.9 Å². The fourth-order valence-corrected chi connectivity index (χ4v) is 1.92. The summed E-state index contributed by atoms with van der Waals surface area (Å²) in [5, 5.41) is 18.6. The van der Waals surface area contributed by atoms with Crippen molar-refractivity contribution in [2.75, 3.05) is 11.1 Å². The summed E-state index contributed by atoms with van der Waals surface area (Å²) in [6.45, 7) is 1.97. The highest BCUT2D eigenvalue weighted by molar-refractivity contribution is 5.86. The molecule has 3 heterocycles. The predicted molar refractivity (Wildman–Crippen MR) is 69.1 cm³/mol.